The smallest absolute Gasteiger partial charge is 0.251 e. The van der Waals surface area contributed by atoms with Crippen LogP contribution in [0, 0.1) is 0 Å². The Labute approximate surface area is 213 Å². The molecule has 9 nitrogen and oxygen atoms in total. The Bertz CT molecular complexity index is 872. The van der Waals surface area contributed by atoms with Crippen LogP contribution in [-0.2, 0) is 6.42 Å². The summed E-state index contributed by atoms with van der Waals surface area (Å²) >= 11 is 0. The van der Waals surface area contributed by atoms with Crippen LogP contribution in [0.25, 0.3) is 0 Å². The molecular formula is C23H35IN8O. The summed E-state index contributed by atoms with van der Waals surface area (Å²) in [5, 5.41) is 9.36. The van der Waals surface area contributed by atoms with E-state index in [1.54, 1.807) is 19.4 Å². The number of halogens is 1. The van der Waals surface area contributed by atoms with Crippen LogP contribution in [0.4, 0.5) is 5.95 Å². The second-order valence-electron chi connectivity index (χ2n) is 7.59. The third-order valence-corrected chi connectivity index (χ3v) is 5.36. The molecule has 2 heterocycles. The zero-order valence-electron chi connectivity index (χ0n) is 19.5. The summed E-state index contributed by atoms with van der Waals surface area (Å²) in [6, 6.07) is 9.57. The van der Waals surface area contributed by atoms with E-state index in [9.17, 15) is 4.79 Å². The molecule has 1 aromatic heterocycles. The number of piperazine rings is 1. The Morgan fingerprint density at radius 3 is 2.55 bits per heavy atom. The van der Waals surface area contributed by atoms with E-state index >= 15 is 0 Å². The van der Waals surface area contributed by atoms with Crippen molar-refractivity contribution in [3.8, 4) is 0 Å². The number of rotatable bonds is 9. The van der Waals surface area contributed by atoms with E-state index in [1.807, 2.05) is 30.3 Å². The zero-order chi connectivity index (χ0) is 22.6. The molecule has 0 aliphatic carbocycles. The average molecular weight is 566 g/mol. The molecule has 10 heteroatoms. The summed E-state index contributed by atoms with van der Waals surface area (Å²) in [6.45, 7) is 9.13. The monoisotopic (exact) mass is 566 g/mol. The van der Waals surface area contributed by atoms with E-state index in [4.69, 9.17) is 4.99 Å². The molecular weight excluding hydrogens is 531 g/mol. The molecule has 1 saturated heterocycles. The highest BCUT2D eigenvalue weighted by Gasteiger charge is 2.18. The summed E-state index contributed by atoms with van der Waals surface area (Å²) < 4.78 is 0. The van der Waals surface area contributed by atoms with Crippen molar-refractivity contribution in [1.82, 2.24) is 30.8 Å². The summed E-state index contributed by atoms with van der Waals surface area (Å²) in [5.74, 6) is 1.57. The van der Waals surface area contributed by atoms with E-state index in [-0.39, 0.29) is 29.9 Å². The van der Waals surface area contributed by atoms with Gasteiger partial charge in [0.05, 0.1) is 6.54 Å². The Morgan fingerprint density at radius 2 is 1.85 bits per heavy atom. The number of hydrogen-bond donors (Lipinski definition) is 3. The van der Waals surface area contributed by atoms with E-state index in [0.29, 0.717) is 5.56 Å². The molecule has 33 heavy (non-hydrogen) atoms. The summed E-state index contributed by atoms with van der Waals surface area (Å²) in [7, 11) is 1.65. The Balaban J connectivity index is 0.00000385. The molecule has 0 atom stereocenters. The maximum Gasteiger partial charge on any atom is 0.251 e. The predicted octanol–water partition coefficient (Wildman–Crippen LogP) is 1.37. The van der Waals surface area contributed by atoms with Crippen LogP contribution >= 0.6 is 24.0 Å². The molecule has 1 aromatic carbocycles. The van der Waals surface area contributed by atoms with Gasteiger partial charge in [-0.25, -0.2) is 9.97 Å². The first-order valence-corrected chi connectivity index (χ1v) is 11.3. The minimum atomic E-state index is -0.0631. The Kier molecular flexibility index (Phi) is 11.9. The van der Waals surface area contributed by atoms with Crippen molar-refractivity contribution in [2.75, 3.05) is 64.3 Å². The lowest BCUT2D eigenvalue weighted by Crippen LogP contribution is -2.47. The van der Waals surface area contributed by atoms with Crippen LogP contribution in [0.2, 0.25) is 0 Å². The van der Waals surface area contributed by atoms with Gasteiger partial charge in [-0.2, -0.15) is 0 Å². The van der Waals surface area contributed by atoms with Crippen molar-refractivity contribution < 1.29 is 4.79 Å². The van der Waals surface area contributed by atoms with Crippen molar-refractivity contribution in [2.24, 2.45) is 4.99 Å². The van der Waals surface area contributed by atoms with Crippen molar-refractivity contribution in [3.05, 3.63) is 53.9 Å². The molecule has 2 aromatic rings. The highest BCUT2D eigenvalue weighted by atomic mass is 127. The highest BCUT2D eigenvalue weighted by Crippen LogP contribution is 2.09. The quantitative estimate of drug-likeness (QED) is 0.240. The van der Waals surface area contributed by atoms with Gasteiger partial charge in [-0.15, -0.1) is 24.0 Å². The van der Waals surface area contributed by atoms with Crippen LogP contribution in [0.5, 0.6) is 0 Å². The van der Waals surface area contributed by atoms with Gasteiger partial charge in [0.1, 0.15) is 0 Å². The second-order valence-corrected chi connectivity index (χ2v) is 7.59. The lowest BCUT2D eigenvalue weighted by molar-refractivity contribution is 0.0963. The maximum atomic E-state index is 11.8. The van der Waals surface area contributed by atoms with Crippen molar-refractivity contribution in [3.63, 3.8) is 0 Å². The first-order chi connectivity index (χ1) is 15.7. The number of carbonyl (C=O) groups is 1. The van der Waals surface area contributed by atoms with Gasteiger partial charge in [0, 0.05) is 70.8 Å². The van der Waals surface area contributed by atoms with Crippen LogP contribution in [0.3, 0.4) is 0 Å². The Morgan fingerprint density at radius 1 is 1.09 bits per heavy atom. The SMILES string of the molecule is CCNC(=NCCN1CCN(c2ncccn2)CC1)NCCc1cccc(C(=O)NC)c1.I. The minimum Gasteiger partial charge on any atom is -0.357 e. The number of anilines is 1. The number of aliphatic imine (C=N–C) groups is 1. The second kappa shape index (κ2) is 14.6. The molecule has 1 aliphatic rings. The molecule has 0 saturated carbocycles. The third-order valence-electron chi connectivity index (χ3n) is 5.36. The number of amides is 1. The van der Waals surface area contributed by atoms with Gasteiger partial charge in [0.25, 0.3) is 5.91 Å². The normalized spacial score (nSPS) is 14.4. The number of aromatic nitrogens is 2. The van der Waals surface area contributed by atoms with Crippen LogP contribution in [-0.4, -0.2) is 86.1 Å². The van der Waals surface area contributed by atoms with E-state index in [0.717, 1.165) is 76.3 Å². The van der Waals surface area contributed by atoms with Crippen molar-refractivity contribution >= 4 is 41.8 Å². The molecule has 0 radical (unpaired) electrons. The van der Waals surface area contributed by atoms with Gasteiger partial charge in [-0.05, 0) is 37.1 Å². The van der Waals surface area contributed by atoms with E-state index < -0.39 is 0 Å². The van der Waals surface area contributed by atoms with Crippen LogP contribution in [0.1, 0.15) is 22.8 Å². The lowest BCUT2D eigenvalue weighted by atomic mass is 10.1. The lowest BCUT2D eigenvalue weighted by Gasteiger charge is -2.34. The fourth-order valence-corrected chi connectivity index (χ4v) is 3.61. The molecule has 0 bridgehead atoms. The summed E-state index contributed by atoms with van der Waals surface area (Å²) in [4.78, 5) is 29.9. The molecule has 3 rings (SSSR count). The van der Waals surface area contributed by atoms with Gasteiger partial charge in [-0.3, -0.25) is 14.7 Å². The van der Waals surface area contributed by atoms with Crippen LogP contribution in [0.15, 0.2) is 47.7 Å². The number of nitrogens with one attached hydrogen (secondary N) is 3. The van der Waals surface area contributed by atoms with Gasteiger partial charge >= 0.3 is 0 Å². The molecule has 0 unspecified atom stereocenters. The minimum absolute atomic E-state index is 0. The molecule has 1 amide bonds. The number of benzene rings is 1. The standard InChI is InChI=1S/C23H34N8O.HI/c1-3-25-22(26-11-8-19-6-4-7-20(18-19)21(32)24-2)27-12-13-30-14-16-31(17-15-30)23-28-9-5-10-29-23;/h4-7,9-10,18H,3,8,11-17H2,1-2H3,(H,24,32)(H2,25,26,27);1H. The fourth-order valence-electron chi connectivity index (χ4n) is 3.61. The number of hydrogen-bond acceptors (Lipinski definition) is 6. The molecule has 0 spiro atoms. The Hall–Kier alpha value is -2.47. The van der Waals surface area contributed by atoms with Gasteiger partial charge in [0.2, 0.25) is 5.95 Å². The summed E-state index contributed by atoms with van der Waals surface area (Å²) in [6.07, 6.45) is 4.40. The van der Waals surface area contributed by atoms with E-state index in [1.165, 1.54) is 0 Å². The van der Waals surface area contributed by atoms with Gasteiger partial charge in [-0.1, -0.05) is 12.1 Å². The highest BCUT2D eigenvalue weighted by molar-refractivity contribution is 14.0. The third kappa shape index (κ3) is 8.77. The largest absolute Gasteiger partial charge is 0.357 e. The molecule has 3 N–H and O–H groups in total. The first kappa shape index (κ1) is 26.8. The van der Waals surface area contributed by atoms with Crippen LogP contribution < -0.4 is 20.9 Å². The van der Waals surface area contributed by atoms with Crippen molar-refractivity contribution in [2.45, 2.75) is 13.3 Å². The number of carbonyl (C=O) groups excluding carboxylic acids is 1. The van der Waals surface area contributed by atoms with Gasteiger partial charge < -0.3 is 20.9 Å². The van der Waals surface area contributed by atoms with Crippen molar-refractivity contribution in [1.29, 1.82) is 0 Å². The fraction of sp³-hybridized carbons (Fsp3) is 0.478. The maximum absolute atomic E-state index is 11.8. The van der Waals surface area contributed by atoms with E-state index in [2.05, 4.69) is 42.6 Å². The topological polar surface area (TPSA) is 97.8 Å². The summed E-state index contributed by atoms with van der Waals surface area (Å²) in [5.41, 5.74) is 1.80. The predicted molar refractivity (Wildman–Crippen MR) is 144 cm³/mol. The average Bonchev–Trinajstić information content (AvgIpc) is 2.84. The number of nitrogens with zero attached hydrogens (tertiary/aromatic N) is 5. The van der Waals surface area contributed by atoms with Gasteiger partial charge in [0.15, 0.2) is 5.96 Å². The molecule has 180 valence electrons. The first-order valence-electron chi connectivity index (χ1n) is 11.3. The zero-order valence-corrected chi connectivity index (χ0v) is 21.8. The molecule has 1 fully saturated rings. The molecule has 1 aliphatic heterocycles. The number of guanidine groups is 1.